The fourth-order valence-corrected chi connectivity index (χ4v) is 4.11. The smallest absolute Gasteiger partial charge is 0.243 e. The molecule has 1 saturated carbocycles. The molecule has 1 aliphatic carbocycles. The molecule has 0 heterocycles. The van der Waals surface area contributed by atoms with Crippen molar-refractivity contribution in [2.24, 2.45) is 5.92 Å². The number of rotatable bonds is 5. The number of amides is 1. The van der Waals surface area contributed by atoms with Gasteiger partial charge in [-0.05, 0) is 43.0 Å². The molecule has 2 rings (SSSR count). The van der Waals surface area contributed by atoms with Crippen molar-refractivity contribution in [2.75, 3.05) is 13.6 Å². The van der Waals surface area contributed by atoms with Gasteiger partial charge in [-0.3, -0.25) is 4.79 Å². The topological polar surface area (TPSA) is 66.5 Å². The van der Waals surface area contributed by atoms with Crippen molar-refractivity contribution in [1.82, 2.24) is 9.62 Å². The van der Waals surface area contributed by atoms with Crippen molar-refractivity contribution >= 4 is 27.5 Å². The number of nitrogens with zero attached hydrogens (tertiary/aromatic N) is 1. The summed E-state index contributed by atoms with van der Waals surface area (Å²) in [4.78, 5) is 12.3. The lowest BCUT2D eigenvalue weighted by Gasteiger charge is -2.30. The Bertz CT molecular complexity index is 646. The second kappa shape index (κ2) is 7.64. The highest BCUT2D eigenvalue weighted by Crippen LogP contribution is 2.23. The average Bonchev–Trinajstić information content (AvgIpc) is 2.50. The summed E-state index contributed by atoms with van der Waals surface area (Å²) in [7, 11) is -2.28. The largest absolute Gasteiger partial charge is 0.352 e. The summed E-state index contributed by atoms with van der Waals surface area (Å²) < 4.78 is 25.9. The van der Waals surface area contributed by atoms with Crippen molar-refractivity contribution < 1.29 is 13.2 Å². The number of nitrogens with one attached hydrogen (secondary N) is 1. The zero-order valence-electron chi connectivity index (χ0n) is 13.5. The number of sulfonamides is 1. The van der Waals surface area contributed by atoms with Crippen LogP contribution in [-0.4, -0.2) is 38.3 Å². The van der Waals surface area contributed by atoms with Crippen molar-refractivity contribution in [1.29, 1.82) is 0 Å². The van der Waals surface area contributed by atoms with Crippen LogP contribution in [0, 0.1) is 5.92 Å². The summed E-state index contributed by atoms with van der Waals surface area (Å²) >= 11 is 5.78. The van der Waals surface area contributed by atoms with Crippen LogP contribution >= 0.6 is 11.6 Å². The van der Waals surface area contributed by atoms with E-state index in [1.54, 1.807) is 0 Å². The third-order valence-electron chi connectivity index (χ3n) is 4.35. The Hall–Kier alpha value is -1.11. The van der Waals surface area contributed by atoms with Crippen LogP contribution in [0.3, 0.4) is 0 Å². The second-order valence-corrected chi connectivity index (χ2v) is 8.63. The molecule has 7 heteroatoms. The first-order chi connectivity index (χ1) is 10.8. The van der Waals surface area contributed by atoms with Gasteiger partial charge in [0.1, 0.15) is 0 Å². The number of halogens is 1. The molecular formula is C16H23ClN2O3S. The van der Waals surface area contributed by atoms with E-state index in [2.05, 4.69) is 12.2 Å². The van der Waals surface area contributed by atoms with Gasteiger partial charge in [-0.25, -0.2) is 8.42 Å². The molecule has 0 aliphatic heterocycles. The number of hydrogen-bond donors (Lipinski definition) is 1. The van der Waals surface area contributed by atoms with E-state index < -0.39 is 10.0 Å². The molecule has 1 aromatic rings. The van der Waals surface area contributed by atoms with E-state index >= 15 is 0 Å². The predicted molar refractivity (Wildman–Crippen MR) is 90.8 cm³/mol. The highest BCUT2D eigenvalue weighted by atomic mass is 35.5. The number of carbonyl (C=O) groups is 1. The van der Waals surface area contributed by atoms with Gasteiger partial charge in [0.2, 0.25) is 15.9 Å². The van der Waals surface area contributed by atoms with Crippen molar-refractivity contribution in [3.63, 3.8) is 0 Å². The molecule has 0 unspecified atom stereocenters. The van der Waals surface area contributed by atoms with Crippen LogP contribution in [0.2, 0.25) is 5.02 Å². The molecule has 128 valence electrons. The van der Waals surface area contributed by atoms with Gasteiger partial charge in [0.05, 0.1) is 11.4 Å². The summed E-state index contributed by atoms with van der Waals surface area (Å²) in [6.45, 7) is 1.94. The van der Waals surface area contributed by atoms with E-state index in [-0.39, 0.29) is 23.4 Å². The molecular weight excluding hydrogens is 336 g/mol. The number of benzene rings is 1. The predicted octanol–water partition coefficient (Wildman–Crippen LogP) is 2.66. The van der Waals surface area contributed by atoms with E-state index in [9.17, 15) is 13.2 Å². The summed E-state index contributed by atoms with van der Waals surface area (Å²) in [6.07, 6.45) is 4.36. The average molecular weight is 359 g/mol. The first-order valence-electron chi connectivity index (χ1n) is 7.82. The summed E-state index contributed by atoms with van der Waals surface area (Å²) in [5.41, 5.74) is 0. The molecule has 1 amide bonds. The van der Waals surface area contributed by atoms with Crippen LogP contribution in [-0.2, 0) is 14.8 Å². The van der Waals surface area contributed by atoms with E-state index in [4.69, 9.17) is 11.6 Å². The minimum Gasteiger partial charge on any atom is -0.352 e. The van der Waals surface area contributed by atoms with Crippen molar-refractivity contribution in [3.05, 3.63) is 29.3 Å². The third kappa shape index (κ3) is 4.68. The SMILES string of the molecule is C[C@H]1CCCC[C@@H]1NC(=O)CN(C)S(=O)(=O)c1ccc(Cl)cc1. The molecule has 0 aromatic heterocycles. The maximum atomic E-state index is 12.4. The molecule has 1 fully saturated rings. The standard InChI is InChI=1S/C16H23ClN2O3S/c1-12-5-3-4-6-15(12)18-16(20)11-19(2)23(21,22)14-9-7-13(17)8-10-14/h7-10,12,15H,3-6,11H2,1-2H3,(H,18,20)/t12-,15-/m0/s1. The Kier molecular flexibility index (Phi) is 6.06. The summed E-state index contributed by atoms with van der Waals surface area (Å²) in [5.74, 6) is 0.176. The number of carbonyl (C=O) groups excluding carboxylic acids is 1. The van der Waals surface area contributed by atoms with Crippen molar-refractivity contribution in [3.8, 4) is 0 Å². The fraction of sp³-hybridized carbons (Fsp3) is 0.562. The highest BCUT2D eigenvalue weighted by Gasteiger charge is 2.26. The number of likely N-dealkylation sites (N-methyl/N-ethyl adjacent to an activating group) is 1. The van der Waals surface area contributed by atoms with Crippen LogP contribution in [0.25, 0.3) is 0 Å². The number of hydrogen-bond acceptors (Lipinski definition) is 3. The molecule has 0 bridgehead atoms. The molecule has 5 nitrogen and oxygen atoms in total. The van der Waals surface area contributed by atoms with E-state index in [0.29, 0.717) is 10.9 Å². The fourth-order valence-electron chi connectivity index (χ4n) is 2.86. The van der Waals surface area contributed by atoms with Gasteiger partial charge in [-0.2, -0.15) is 4.31 Å². The highest BCUT2D eigenvalue weighted by molar-refractivity contribution is 7.89. The quantitative estimate of drug-likeness (QED) is 0.879. The Morgan fingerprint density at radius 3 is 2.48 bits per heavy atom. The summed E-state index contributed by atoms with van der Waals surface area (Å²) in [5, 5.41) is 3.43. The maximum absolute atomic E-state index is 12.4. The van der Waals surface area contributed by atoms with Gasteiger partial charge in [0.25, 0.3) is 0 Å². The van der Waals surface area contributed by atoms with Crippen LogP contribution in [0.4, 0.5) is 0 Å². The first kappa shape index (κ1) is 18.2. The van der Waals surface area contributed by atoms with E-state index in [1.165, 1.54) is 37.7 Å². The van der Waals surface area contributed by atoms with Crippen LogP contribution in [0.5, 0.6) is 0 Å². The molecule has 0 spiro atoms. The molecule has 0 saturated heterocycles. The van der Waals surface area contributed by atoms with Gasteiger partial charge in [-0.1, -0.05) is 31.4 Å². The lowest BCUT2D eigenvalue weighted by atomic mass is 9.86. The zero-order chi connectivity index (χ0) is 17.0. The van der Waals surface area contributed by atoms with Gasteiger partial charge in [0.15, 0.2) is 0 Å². The van der Waals surface area contributed by atoms with Gasteiger partial charge in [0, 0.05) is 18.1 Å². The zero-order valence-corrected chi connectivity index (χ0v) is 15.0. The minimum atomic E-state index is -3.69. The van der Waals surface area contributed by atoms with Crippen LogP contribution in [0.1, 0.15) is 32.6 Å². The van der Waals surface area contributed by atoms with Gasteiger partial charge in [-0.15, -0.1) is 0 Å². The molecule has 23 heavy (non-hydrogen) atoms. The molecule has 0 radical (unpaired) electrons. The third-order valence-corrected chi connectivity index (χ3v) is 6.42. The first-order valence-corrected chi connectivity index (χ1v) is 9.64. The lowest BCUT2D eigenvalue weighted by molar-refractivity contribution is -0.122. The normalized spacial score (nSPS) is 22.1. The van der Waals surface area contributed by atoms with E-state index in [0.717, 1.165) is 23.6 Å². The second-order valence-electron chi connectivity index (χ2n) is 6.15. The molecule has 1 aliphatic rings. The Morgan fingerprint density at radius 1 is 1.26 bits per heavy atom. The Labute approximate surface area is 143 Å². The molecule has 1 aromatic carbocycles. The molecule has 2 atom stereocenters. The van der Waals surface area contributed by atoms with Crippen LogP contribution < -0.4 is 5.32 Å². The lowest BCUT2D eigenvalue weighted by Crippen LogP contribution is -2.46. The minimum absolute atomic E-state index is 0.128. The molecule has 1 N–H and O–H groups in total. The monoisotopic (exact) mass is 358 g/mol. The summed E-state index contributed by atoms with van der Waals surface area (Å²) in [6, 6.07) is 6.06. The Morgan fingerprint density at radius 2 is 1.87 bits per heavy atom. The van der Waals surface area contributed by atoms with Crippen molar-refractivity contribution in [2.45, 2.75) is 43.5 Å². The maximum Gasteiger partial charge on any atom is 0.243 e. The Balaban J connectivity index is 1.98. The van der Waals surface area contributed by atoms with Crippen LogP contribution in [0.15, 0.2) is 29.2 Å². The van der Waals surface area contributed by atoms with E-state index in [1.807, 2.05) is 0 Å². The van der Waals surface area contributed by atoms with Gasteiger partial charge >= 0.3 is 0 Å². The van der Waals surface area contributed by atoms with Gasteiger partial charge < -0.3 is 5.32 Å².